The van der Waals surface area contributed by atoms with Crippen LogP contribution in [-0.4, -0.2) is 34.8 Å². The van der Waals surface area contributed by atoms with Crippen molar-refractivity contribution in [2.24, 2.45) is 5.92 Å². The first kappa shape index (κ1) is 16.5. The van der Waals surface area contributed by atoms with E-state index in [4.69, 9.17) is 0 Å². The molecule has 1 aromatic heterocycles. The Morgan fingerprint density at radius 2 is 1.91 bits per heavy atom. The van der Waals surface area contributed by atoms with Crippen molar-refractivity contribution in [2.75, 3.05) is 13.1 Å². The highest BCUT2D eigenvalue weighted by molar-refractivity contribution is 5.78. The molecule has 0 atom stereocenters. The molecule has 0 aliphatic heterocycles. The molecule has 1 saturated carbocycles. The Bertz CT molecular complexity index is 484. The quantitative estimate of drug-likeness (QED) is 0.875. The lowest BCUT2D eigenvalue weighted by Gasteiger charge is -2.23. The molecule has 5 heteroatoms. The summed E-state index contributed by atoms with van der Waals surface area (Å²) in [6.07, 6.45) is 8.99. The van der Waals surface area contributed by atoms with Crippen molar-refractivity contribution >= 4 is 11.8 Å². The van der Waals surface area contributed by atoms with Crippen LogP contribution >= 0.6 is 0 Å². The molecule has 0 bridgehead atoms. The maximum absolute atomic E-state index is 12.1. The molecular weight excluding hydrogens is 278 g/mol. The van der Waals surface area contributed by atoms with E-state index in [-0.39, 0.29) is 17.7 Å². The van der Waals surface area contributed by atoms with Gasteiger partial charge in [0.05, 0.1) is 0 Å². The Kier molecular flexibility index (Phi) is 6.37. The molecule has 2 amide bonds. The highest BCUT2D eigenvalue weighted by Gasteiger charge is 2.20. The number of nitrogens with one attached hydrogen (secondary N) is 1. The molecule has 5 nitrogen and oxygen atoms in total. The van der Waals surface area contributed by atoms with Crippen LogP contribution in [0.4, 0.5) is 0 Å². The standard InChI is InChI=1S/C17H25N3O2/c1-14(21)20(13-15-7-9-18-10-8-15)12-11-19-17(22)16-5-3-2-4-6-16/h7-10,16H,2-6,11-13H2,1H3,(H,19,22). The van der Waals surface area contributed by atoms with Gasteiger partial charge in [0, 0.05) is 44.9 Å². The molecule has 0 spiro atoms. The molecule has 1 aromatic rings. The van der Waals surface area contributed by atoms with E-state index < -0.39 is 0 Å². The monoisotopic (exact) mass is 303 g/mol. The first-order valence-corrected chi connectivity index (χ1v) is 8.09. The van der Waals surface area contributed by atoms with E-state index in [0.29, 0.717) is 19.6 Å². The third-order valence-electron chi connectivity index (χ3n) is 4.23. The van der Waals surface area contributed by atoms with Crippen LogP contribution in [0.25, 0.3) is 0 Å². The number of nitrogens with zero attached hydrogens (tertiary/aromatic N) is 2. The van der Waals surface area contributed by atoms with Gasteiger partial charge in [-0.1, -0.05) is 19.3 Å². The molecule has 1 fully saturated rings. The summed E-state index contributed by atoms with van der Waals surface area (Å²) in [5.41, 5.74) is 1.05. The lowest BCUT2D eigenvalue weighted by molar-refractivity contribution is -0.130. The van der Waals surface area contributed by atoms with Gasteiger partial charge in [-0.25, -0.2) is 0 Å². The van der Waals surface area contributed by atoms with E-state index in [1.807, 2.05) is 12.1 Å². The highest BCUT2D eigenvalue weighted by Crippen LogP contribution is 2.23. The summed E-state index contributed by atoms with van der Waals surface area (Å²) in [5, 5.41) is 2.98. The number of carbonyl (C=O) groups excluding carboxylic acids is 2. The SMILES string of the molecule is CC(=O)N(CCNC(=O)C1CCCCC1)Cc1ccncc1. The summed E-state index contributed by atoms with van der Waals surface area (Å²) in [6, 6.07) is 3.80. The van der Waals surface area contributed by atoms with Crippen LogP contribution in [0.15, 0.2) is 24.5 Å². The summed E-state index contributed by atoms with van der Waals surface area (Å²) < 4.78 is 0. The molecule has 0 saturated heterocycles. The number of amides is 2. The second-order valence-electron chi connectivity index (χ2n) is 5.92. The minimum Gasteiger partial charge on any atom is -0.354 e. The Morgan fingerprint density at radius 1 is 1.23 bits per heavy atom. The molecule has 1 N–H and O–H groups in total. The van der Waals surface area contributed by atoms with Crippen LogP contribution in [0.1, 0.15) is 44.6 Å². The average molecular weight is 303 g/mol. The molecule has 0 aromatic carbocycles. The maximum Gasteiger partial charge on any atom is 0.223 e. The van der Waals surface area contributed by atoms with Crippen LogP contribution in [0.2, 0.25) is 0 Å². The van der Waals surface area contributed by atoms with Crippen molar-refractivity contribution in [2.45, 2.75) is 45.6 Å². The Morgan fingerprint density at radius 3 is 2.55 bits per heavy atom. The second-order valence-corrected chi connectivity index (χ2v) is 5.92. The van der Waals surface area contributed by atoms with Gasteiger partial charge in [-0.2, -0.15) is 0 Å². The summed E-state index contributed by atoms with van der Waals surface area (Å²) in [5.74, 6) is 0.329. The molecule has 0 unspecified atom stereocenters. The van der Waals surface area contributed by atoms with Gasteiger partial charge in [0.15, 0.2) is 0 Å². The van der Waals surface area contributed by atoms with E-state index >= 15 is 0 Å². The van der Waals surface area contributed by atoms with Crippen molar-refractivity contribution in [3.63, 3.8) is 0 Å². The predicted molar refractivity (Wildman–Crippen MR) is 84.9 cm³/mol. The van der Waals surface area contributed by atoms with Gasteiger partial charge in [0.25, 0.3) is 0 Å². The van der Waals surface area contributed by atoms with Crippen LogP contribution in [0.5, 0.6) is 0 Å². The molecule has 0 radical (unpaired) electrons. The molecule has 1 aliphatic carbocycles. The molecule has 120 valence electrons. The number of pyridine rings is 1. The third-order valence-corrected chi connectivity index (χ3v) is 4.23. The van der Waals surface area contributed by atoms with Gasteiger partial charge in [-0.15, -0.1) is 0 Å². The van der Waals surface area contributed by atoms with Crippen molar-refractivity contribution in [1.29, 1.82) is 0 Å². The number of hydrogen-bond donors (Lipinski definition) is 1. The largest absolute Gasteiger partial charge is 0.354 e. The predicted octanol–water partition coefficient (Wildman–Crippen LogP) is 2.13. The zero-order valence-electron chi connectivity index (χ0n) is 13.3. The lowest BCUT2D eigenvalue weighted by Crippen LogP contribution is -2.39. The van der Waals surface area contributed by atoms with Gasteiger partial charge in [-0.05, 0) is 30.5 Å². The van der Waals surface area contributed by atoms with E-state index in [0.717, 1.165) is 31.2 Å². The highest BCUT2D eigenvalue weighted by atomic mass is 16.2. The fourth-order valence-electron chi connectivity index (χ4n) is 2.88. The number of rotatable bonds is 6. The number of hydrogen-bond acceptors (Lipinski definition) is 3. The molecule has 1 heterocycles. The zero-order chi connectivity index (χ0) is 15.8. The molecular formula is C17H25N3O2. The average Bonchev–Trinajstić information content (AvgIpc) is 2.55. The number of carbonyl (C=O) groups is 2. The number of aromatic nitrogens is 1. The Labute approximate surface area is 132 Å². The first-order valence-electron chi connectivity index (χ1n) is 8.09. The normalized spacial score (nSPS) is 15.3. The van der Waals surface area contributed by atoms with Gasteiger partial charge in [-0.3, -0.25) is 14.6 Å². The van der Waals surface area contributed by atoms with Crippen molar-refractivity contribution in [3.05, 3.63) is 30.1 Å². The molecule has 22 heavy (non-hydrogen) atoms. The molecule has 2 rings (SSSR count). The summed E-state index contributed by atoms with van der Waals surface area (Å²) in [7, 11) is 0. The summed E-state index contributed by atoms with van der Waals surface area (Å²) >= 11 is 0. The topological polar surface area (TPSA) is 62.3 Å². The van der Waals surface area contributed by atoms with Gasteiger partial charge < -0.3 is 10.2 Å². The fourth-order valence-corrected chi connectivity index (χ4v) is 2.88. The third kappa shape index (κ3) is 5.13. The van der Waals surface area contributed by atoms with Crippen LogP contribution in [0.3, 0.4) is 0 Å². The summed E-state index contributed by atoms with van der Waals surface area (Å²) in [6.45, 7) is 3.16. The van der Waals surface area contributed by atoms with E-state index in [1.54, 1.807) is 24.2 Å². The van der Waals surface area contributed by atoms with Gasteiger partial charge in [0.1, 0.15) is 0 Å². The van der Waals surface area contributed by atoms with Crippen molar-refractivity contribution in [1.82, 2.24) is 15.2 Å². The fraction of sp³-hybridized carbons (Fsp3) is 0.588. The van der Waals surface area contributed by atoms with Gasteiger partial charge >= 0.3 is 0 Å². The van der Waals surface area contributed by atoms with Crippen LogP contribution in [0, 0.1) is 5.92 Å². The van der Waals surface area contributed by atoms with E-state index in [1.165, 1.54) is 6.42 Å². The van der Waals surface area contributed by atoms with Crippen LogP contribution in [-0.2, 0) is 16.1 Å². The minimum absolute atomic E-state index is 0.0173. The van der Waals surface area contributed by atoms with Crippen molar-refractivity contribution in [3.8, 4) is 0 Å². The second kappa shape index (κ2) is 8.51. The van der Waals surface area contributed by atoms with Crippen LogP contribution < -0.4 is 5.32 Å². The smallest absolute Gasteiger partial charge is 0.223 e. The Balaban J connectivity index is 1.77. The lowest BCUT2D eigenvalue weighted by atomic mass is 9.89. The zero-order valence-corrected chi connectivity index (χ0v) is 13.3. The minimum atomic E-state index is 0.0173. The first-order chi connectivity index (χ1) is 10.7. The maximum atomic E-state index is 12.1. The van der Waals surface area contributed by atoms with Gasteiger partial charge in [0.2, 0.25) is 11.8 Å². The summed E-state index contributed by atoms with van der Waals surface area (Å²) in [4.78, 5) is 29.5. The molecule has 1 aliphatic rings. The van der Waals surface area contributed by atoms with E-state index in [2.05, 4.69) is 10.3 Å². The Hall–Kier alpha value is -1.91. The van der Waals surface area contributed by atoms with E-state index in [9.17, 15) is 9.59 Å². The van der Waals surface area contributed by atoms with Crippen molar-refractivity contribution < 1.29 is 9.59 Å².